The van der Waals surface area contributed by atoms with Crippen molar-refractivity contribution in [2.45, 2.75) is 38.5 Å². The van der Waals surface area contributed by atoms with Gasteiger partial charge in [-0.05, 0) is 25.0 Å². The minimum atomic E-state index is -0.507. The molecule has 8 nitrogen and oxygen atoms in total. The van der Waals surface area contributed by atoms with Crippen LogP contribution in [0.5, 0.6) is 11.5 Å². The zero-order valence-corrected chi connectivity index (χ0v) is 15.7. The van der Waals surface area contributed by atoms with Crippen LogP contribution in [-0.2, 0) is 14.4 Å². The SMILES string of the molecule is O=C(NNC(=O)[C@@H]1CC(=O)N(c2ccc3c(c2)OCCO3)C1)C1CCCCC1. The number of nitrogens with zero attached hydrogens (tertiary/aromatic N) is 1. The highest BCUT2D eigenvalue weighted by Crippen LogP contribution is 2.36. The fraction of sp³-hybridized carbons (Fsp3) is 0.550. The predicted molar refractivity (Wildman–Crippen MR) is 101 cm³/mol. The van der Waals surface area contributed by atoms with Crippen molar-refractivity contribution < 1.29 is 23.9 Å². The first-order valence-electron chi connectivity index (χ1n) is 9.91. The molecule has 150 valence electrons. The Kier molecular flexibility index (Phi) is 5.36. The van der Waals surface area contributed by atoms with Gasteiger partial charge in [0.15, 0.2) is 11.5 Å². The molecule has 0 aromatic heterocycles. The molecular formula is C20H25N3O5. The summed E-state index contributed by atoms with van der Waals surface area (Å²) in [5, 5.41) is 0. The standard InChI is InChI=1S/C20H25N3O5/c24-18-10-14(20(26)22-21-19(25)13-4-2-1-3-5-13)12-23(18)15-6-7-16-17(11-15)28-9-8-27-16/h6-7,11,13-14H,1-5,8-10,12H2,(H,21,25)(H,22,26)/t14-/m1/s1. The zero-order chi connectivity index (χ0) is 19.5. The van der Waals surface area contributed by atoms with Crippen molar-refractivity contribution in [2.75, 3.05) is 24.7 Å². The third-order valence-corrected chi connectivity index (χ3v) is 5.62. The maximum atomic E-state index is 12.4. The lowest BCUT2D eigenvalue weighted by Gasteiger charge is -2.22. The van der Waals surface area contributed by atoms with Gasteiger partial charge in [0.25, 0.3) is 0 Å². The van der Waals surface area contributed by atoms with Crippen LogP contribution in [0.4, 0.5) is 5.69 Å². The van der Waals surface area contributed by atoms with Gasteiger partial charge < -0.3 is 14.4 Å². The highest BCUT2D eigenvalue weighted by molar-refractivity contribution is 6.00. The van der Waals surface area contributed by atoms with Crippen LogP contribution in [0, 0.1) is 11.8 Å². The molecule has 8 heteroatoms. The van der Waals surface area contributed by atoms with Crippen molar-refractivity contribution in [1.29, 1.82) is 0 Å². The van der Waals surface area contributed by atoms with Crippen LogP contribution in [0.2, 0.25) is 0 Å². The van der Waals surface area contributed by atoms with Gasteiger partial charge in [0, 0.05) is 30.6 Å². The van der Waals surface area contributed by atoms with Crippen LogP contribution in [0.15, 0.2) is 18.2 Å². The average molecular weight is 387 g/mol. The van der Waals surface area contributed by atoms with Crippen molar-refractivity contribution >= 4 is 23.4 Å². The van der Waals surface area contributed by atoms with Crippen LogP contribution < -0.4 is 25.2 Å². The topological polar surface area (TPSA) is 97.0 Å². The van der Waals surface area contributed by atoms with E-state index in [4.69, 9.17) is 9.47 Å². The Morgan fingerprint density at radius 1 is 0.929 bits per heavy atom. The summed E-state index contributed by atoms with van der Waals surface area (Å²) < 4.78 is 11.1. The van der Waals surface area contributed by atoms with Crippen molar-refractivity contribution in [1.82, 2.24) is 10.9 Å². The normalized spacial score (nSPS) is 22.1. The van der Waals surface area contributed by atoms with Crippen LogP contribution in [-0.4, -0.2) is 37.5 Å². The zero-order valence-electron chi connectivity index (χ0n) is 15.7. The van der Waals surface area contributed by atoms with E-state index in [0.29, 0.717) is 30.4 Å². The summed E-state index contributed by atoms with van der Waals surface area (Å²) in [7, 11) is 0. The molecular weight excluding hydrogens is 362 g/mol. The van der Waals surface area contributed by atoms with Crippen molar-refractivity contribution in [2.24, 2.45) is 11.8 Å². The fourth-order valence-corrected chi connectivity index (χ4v) is 4.02. The van der Waals surface area contributed by atoms with E-state index in [-0.39, 0.29) is 36.6 Å². The number of benzene rings is 1. The van der Waals surface area contributed by atoms with Crippen molar-refractivity contribution in [3.63, 3.8) is 0 Å². The summed E-state index contributed by atoms with van der Waals surface area (Å²) in [6.07, 6.45) is 5.10. The van der Waals surface area contributed by atoms with Gasteiger partial charge in [-0.1, -0.05) is 19.3 Å². The lowest BCUT2D eigenvalue weighted by molar-refractivity contribution is -0.133. The molecule has 1 saturated carbocycles. The Bertz CT molecular complexity index is 775. The number of rotatable bonds is 3. The number of carbonyl (C=O) groups excluding carboxylic acids is 3. The third kappa shape index (κ3) is 3.90. The molecule has 1 aliphatic carbocycles. The quantitative estimate of drug-likeness (QED) is 0.767. The number of amides is 3. The maximum Gasteiger partial charge on any atom is 0.243 e. The van der Waals surface area contributed by atoms with E-state index < -0.39 is 5.92 Å². The minimum absolute atomic E-state index is 0.0338. The van der Waals surface area contributed by atoms with Gasteiger partial charge in [-0.3, -0.25) is 25.2 Å². The minimum Gasteiger partial charge on any atom is -0.486 e. The van der Waals surface area contributed by atoms with E-state index in [1.54, 1.807) is 23.1 Å². The van der Waals surface area contributed by atoms with Crippen LogP contribution >= 0.6 is 0 Å². The Hall–Kier alpha value is -2.77. The van der Waals surface area contributed by atoms with E-state index in [1.165, 1.54) is 0 Å². The molecule has 0 bridgehead atoms. The second-order valence-corrected chi connectivity index (χ2v) is 7.55. The monoisotopic (exact) mass is 387 g/mol. The van der Waals surface area contributed by atoms with E-state index >= 15 is 0 Å². The number of hydrazine groups is 1. The highest BCUT2D eigenvalue weighted by atomic mass is 16.6. The Morgan fingerprint density at radius 2 is 1.61 bits per heavy atom. The van der Waals surface area contributed by atoms with E-state index in [0.717, 1.165) is 32.1 Å². The molecule has 1 atom stereocenters. The molecule has 1 aromatic rings. The summed E-state index contributed by atoms with van der Waals surface area (Å²) in [5.41, 5.74) is 5.71. The summed E-state index contributed by atoms with van der Waals surface area (Å²) in [6, 6.07) is 5.32. The maximum absolute atomic E-state index is 12.4. The van der Waals surface area contributed by atoms with E-state index in [9.17, 15) is 14.4 Å². The molecule has 0 unspecified atom stereocenters. The second-order valence-electron chi connectivity index (χ2n) is 7.55. The lowest BCUT2D eigenvalue weighted by atomic mass is 9.89. The number of ether oxygens (including phenoxy) is 2. The number of carbonyl (C=O) groups is 3. The molecule has 2 N–H and O–H groups in total. The molecule has 2 heterocycles. The Balaban J connectivity index is 1.33. The van der Waals surface area contributed by atoms with Gasteiger partial charge in [0.05, 0.1) is 5.92 Å². The number of hydrogen-bond donors (Lipinski definition) is 2. The van der Waals surface area contributed by atoms with Gasteiger partial charge >= 0.3 is 0 Å². The molecule has 2 fully saturated rings. The molecule has 0 radical (unpaired) electrons. The third-order valence-electron chi connectivity index (χ3n) is 5.62. The van der Waals surface area contributed by atoms with Crippen LogP contribution in [0.3, 0.4) is 0 Å². The van der Waals surface area contributed by atoms with Gasteiger partial charge in [-0.25, -0.2) is 0 Å². The van der Waals surface area contributed by atoms with Gasteiger partial charge in [-0.2, -0.15) is 0 Å². The summed E-state index contributed by atoms with van der Waals surface area (Å²) >= 11 is 0. The largest absolute Gasteiger partial charge is 0.486 e. The number of fused-ring (bicyclic) bond motifs is 1. The lowest BCUT2D eigenvalue weighted by Crippen LogP contribution is -2.47. The molecule has 28 heavy (non-hydrogen) atoms. The van der Waals surface area contributed by atoms with Gasteiger partial charge in [-0.15, -0.1) is 0 Å². The highest BCUT2D eigenvalue weighted by Gasteiger charge is 2.36. The number of nitrogens with one attached hydrogen (secondary N) is 2. The second kappa shape index (κ2) is 8.08. The molecule has 3 aliphatic rings. The summed E-state index contributed by atoms with van der Waals surface area (Å²) in [4.78, 5) is 38.6. The molecule has 1 aromatic carbocycles. The van der Waals surface area contributed by atoms with Crippen LogP contribution in [0.25, 0.3) is 0 Å². The summed E-state index contributed by atoms with van der Waals surface area (Å²) in [5.74, 6) is 0.112. The summed E-state index contributed by atoms with van der Waals surface area (Å²) in [6.45, 7) is 1.24. The molecule has 3 amide bonds. The average Bonchev–Trinajstić information content (AvgIpc) is 3.13. The number of anilines is 1. The van der Waals surface area contributed by atoms with Gasteiger partial charge in [0.2, 0.25) is 17.7 Å². The smallest absolute Gasteiger partial charge is 0.243 e. The van der Waals surface area contributed by atoms with Crippen molar-refractivity contribution in [3.8, 4) is 11.5 Å². The van der Waals surface area contributed by atoms with Gasteiger partial charge in [0.1, 0.15) is 13.2 Å². The van der Waals surface area contributed by atoms with Crippen molar-refractivity contribution in [3.05, 3.63) is 18.2 Å². The van der Waals surface area contributed by atoms with Crippen LogP contribution in [0.1, 0.15) is 38.5 Å². The molecule has 2 aliphatic heterocycles. The van der Waals surface area contributed by atoms with E-state index in [1.807, 2.05) is 0 Å². The first kappa shape index (κ1) is 18.6. The first-order valence-corrected chi connectivity index (χ1v) is 9.91. The molecule has 1 saturated heterocycles. The fourth-order valence-electron chi connectivity index (χ4n) is 4.02. The predicted octanol–water partition coefficient (Wildman–Crippen LogP) is 1.54. The Labute approximate surface area is 163 Å². The first-order chi connectivity index (χ1) is 13.6. The molecule has 4 rings (SSSR count). The molecule has 0 spiro atoms. The Morgan fingerprint density at radius 3 is 2.36 bits per heavy atom. The number of hydrogen-bond acceptors (Lipinski definition) is 5. The van der Waals surface area contributed by atoms with E-state index in [2.05, 4.69) is 10.9 Å².